The van der Waals surface area contributed by atoms with Gasteiger partial charge in [-0.2, -0.15) is 13.2 Å². The van der Waals surface area contributed by atoms with E-state index in [2.05, 4.69) is 0 Å². The summed E-state index contributed by atoms with van der Waals surface area (Å²) in [5.74, 6) is -2.57. The lowest BCUT2D eigenvalue weighted by Crippen LogP contribution is -2.18. The van der Waals surface area contributed by atoms with Gasteiger partial charge in [0, 0.05) is 6.42 Å². The zero-order valence-corrected chi connectivity index (χ0v) is 8.38. The van der Waals surface area contributed by atoms with E-state index in [0.29, 0.717) is 6.07 Å². The number of aliphatic hydroxyl groups is 1. The van der Waals surface area contributed by atoms with Gasteiger partial charge in [0.15, 0.2) is 0 Å². The number of hydrogen-bond donors (Lipinski definition) is 2. The highest BCUT2D eigenvalue weighted by Crippen LogP contribution is 2.32. The molecule has 0 unspecified atom stereocenters. The fourth-order valence-electron chi connectivity index (χ4n) is 1.31. The summed E-state index contributed by atoms with van der Waals surface area (Å²) in [6.07, 6.45) is -3.87. The van der Waals surface area contributed by atoms with Gasteiger partial charge in [-0.25, -0.2) is 4.39 Å². The molecule has 0 aliphatic heterocycles. The summed E-state index contributed by atoms with van der Waals surface area (Å²) in [4.78, 5) is 10.9. The van der Waals surface area contributed by atoms with Crippen LogP contribution in [0.1, 0.15) is 21.5 Å². The standard InChI is InChI=1S/C10H8F4NO2/c11-7-4-6(10(12,13)14)3-5(1-2-16)8(7)9(15)17/h1,3-4,16H,2H2,(H2,15,17). The molecule has 1 aromatic rings. The van der Waals surface area contributed by atoms with Crippen molar-refractivity contribution in [2.24, 2.45) is 5.73 Å². The maximum atomic E-state index is 13.3. The summed E-state index contributed by atoms with van der Waals surface area (Å²) in [6.45, 7) is -0.638. The lowest BCUT2D eigenvalue weighted by Gasteiger charge is -2.12. The van der Waals surface area contributed by atoms with Crippen molar-refractivity contribution in [3.63, 3.8) is 0 Å². The fourth-order valence-corrected chi connectivity index (χ4v) is 1.31. The van der Waals surface area contributed by atoms with Crippen molar-refractivity contribution < 1.29 is 27.5 Å². The summed E-state index contributed by atoms with van der Waals surface area (Å²) < 4.78 is 50.4. The molecule has 0 bridgehead atoms. The number of benzene rings is 1. The molecule has 17 heavy (non-hydrogen) atoms. The summed E-state index contributed by atoms with van der Waals surface area (Å²) in [5, 5.41) is 8.60. The Balaban J connectivity index is 3.41. The Bertz CT molecular complexity index is 443. The largest absolute Gasteiger partial charge is 0.416 e. The van der Waals surface area contributed by atoms with Crippen molar-refractivity contribution in [2.45, 2.75) is 6.18 Å². The van der Waals surface area contributed by atoms with Crippen molar-refractivity contribution in [3.05, 3.63) is 41.1 Å². The SMILES string of the molecule is NC(=O)c1c(F)cc(C(F)(F)F)cc1[CH]CO. The lowest BCUT2D eigenvalue weighted by molar-refractivity contribution is -0.137. The zero-order valence-electron chi connectivity index (χ0n) is 8.38. The van der Waals surface area contributed by atoms with Crippen LogP contribution in [0.4, 0.5) is 17.6 Å². The molecule has 0 saturated heterocycles. The third-order valence-corrected chi connectivity index (χ3v) is 2.01. The third kappa shape index (κ3) is 2.94. The van der Waals surface area contributed by atoms with Crippen LogP contribution >= 0.6 is 0 Å². The first-order chi connectivity index (χ1) is 7.77. The summed E-state index contributed by atoms with van der Waals surface area (Å²) in [6, 6.07) is 0.744. The number of nitrogens with two attached hydrogens (primary N) is 1. The first-order valence-corrected chi connectivity index (χ1v) is 4.42. The van der Waals surface area contributed by atoms with Gasteiger partial charge < -0.3 is 10.8 Å². The molecular weight excluding hydrogens is 242 g/mol. The van der Waals surface area contributed by atoms with E-state index in [4.69, 9.17) is 10.8 Å². The number of carbonyl (C=O) groups excluding carboxylic acids is 1. The number of amides is 1. The van der Waals surface area contributed by atoms with E-state index in [0.717, 1.165) is 6.42 Å². The van der Waals surface area contributed by atoms with E-state index in [1.165, 1.54) is 0 Å². The molecule has 1 amide bonds. The van der Waals surface area contributed by atoms with E-state index in [-0.39, 0.29) is 11.6 Å². The molecule has 0 atom stereocenters. The molecular formula is C10H8F4NO2. The van der Waals surface area contributed by atoms with E-state index >= 15 is 0 Å². The van der Waals surface area contributed by atoms with Gasteiger partial charge in [0.25, 0.3) is 5.91 Å². The molecule has 0 aliphatic rings. The summed E-state index contributed by atoms with van der Waals surface area (Å²) in [5.41, 5.74) is 2.54. The Morgan fingerprint density at radius 2 is 2.00 bits per heavy atom. The average molecular weight is 250 g/mol. The molecule has 1 aromatic carbocycles. The minimum Gasteiger partial charge on any atom is -0.396 e. The van der Waals surface area contributed by atoms with Crippen molar-refractivity contribution in [1.82, 2.24) is 0 Å². The molecule has 3 nitrogen and oxygen atoms in total. The molecule has 0 aromatic heterocycles. The van der Waals surface area contributed by atoms with Crippen LogP contribution in [-0.2, 0) is 6.18 Å². The minimum atomic E-state index is -4.74. The Hall–Kier alpha value is -1.63. The predicted molar refractivity (Wildman–Crippen MR) is 50.4 cm³/mol. The molecule has 0 aliphatic carbocycles. The molecule has 0 spiro atoms. The van der Waals surface area contributed by atoms with Gasteiger partial charge in [-0.1, -0.05) is 0 Å². The number of halogens is 4. The van der Waals surface area contributed by atoms with Gasteiger partial charge in [0.2, 0.25) is 0 Å². The molecule has 7 heteroatoms. The van der Waals surface area contributed by atoms with Gasteiger partial charge in [-0.15, -0.1) is 0 Å². The Morgan fingerprint density at radius 3 is 2.41 bits per heavy atom. The smallest absolute Gasteiger partial charge is 0.396 e. The zero-order chi connectivity index (χ0) is 13.2. The highest BCUT2D eigenvalue weighted by molar-refractivity contribution is 5.95. The fraction of sp³-hybridized carbons (Fsp3) is 0.200. The van der Waals surface area contributed by atoms with Gasteiger partial charge in [-0.05, 0) is 17.7 Å². The van der Waals surface area contributed by atoms with Crippen LogP contribution in [0.5, 0.6) is 0 Å². The van der Waals surface area contributed by atoms with E-state index in [1.54, 1.807) is 0 Å². The van der Waals surface area contributed by atoms with Crippen molar-refractivity contribution >= 4 is 5.91 Å². The topological polar surface area (TPSA) is 63.3 Å². The number of aliphatic hydroxyl groups excluding tert-OH is 1. The Morgan fingerprint density at radius 1 is 1.41 bits per heavy atom. The summed E-state index contributed by atoms with van der Waals surface area (Å²) >= 11 is 0. The molecule has 3 N–H and O–H groups in total. The molecule has 0 heterocycles. The van der Waals surface area contributed by atoms with E-state index in [9.17, 15) is 22.4 Å². The van der Waals surface area contributed by atoms with Gasteiger partial charge in [0.05, 0.1) is 17.7 Å². The number of rotatable bonds is 3. The molecule has 93 valence electrons. The molecule has 0 fully saturated rings. The van der Waals surface area contributed by atoms with Crippen LogP contribution in [0, 0.1) is 12.2 Å². The van der Waals surface area contributed by atoms with Crippen molar-refractivity contribution in [2.75, 3.05) is 6.61 Å². The Labute approximate surface area is 93.8 Å². The minimum absolute atomic E-state index is 0.189. The number of carbonyl (C=O) groups is 1. The number of hydrogen-bond acceptors (Lipinski definition) is 2. The van der Waals surface area contributed by atoms with Gasteiger partial charge in [-0.3, -0.25) is 4.79 Å². The van der Waals surface area contributed by atoms with Crippen LogP contribution in [0.25, 0.3) is 0 Å². The predicted octanol–water partition coefficient (Wildman–Crippen LogP) is 1.49. The second kappa shape index (κ2) is 4.70. The maximum Gasteiger partial charge on any atom is 0.416 e. The van der Waals surface area contributed by atoms with Crippen molar-refractivity contribution in [1.29, 1.82) is 0 Å². The van der Waals surface area contributed by atoms with Gasteiger partial charge in [0.1, 0.15) is 5.82 Å². The average Bonchev–Trinajstić information content (AvgIpc) is 2.15. The number of primary amides is 1. The van der Waals surface area contributed by atoms with Crippen LogP contribution in [-0.4, -0.2) is 17.6 Å². The van der Waals surface area contributed by atoms with Crippen LogP contribution in [0.15, 0.2) is 12.1 Å². The van der Waals surface area contributed by atoms with E-state index in [1.807, 2.05) is 0 Å². The highest BCUT2D eigenvalue weighted by Gasteiger charge is 2.32. The maximum absolute atomic E-state index is 13.3. The number of alkyl halides is 3. The van der Waals surface area contributed by atoms with Crippen molar-refractivity contribution in [3.8, 4) is 0 Å². The first kappa shape index (κ1) is 13.4. The van der Waals surface area contributed by atoms with E-state index < -0.39 is 35.6 Å². The van der Waals surface area contributed by atoms with Crippen LogP contribution in [0.3, 0.4) is 0 Å². The quantitative estimate of drug-likeness (QED) is 0.798. The third-order valence-electron chi connectivity index (χ3n) is 2.01. The molecule has 1 radical (unpaired) electrons. The second-order valence-electron chi connectivity index (χ2n) is 3.17. The molecule has 0 saturated carbocycles. The first-order valence-electron chi connectivity index (χ1n) is 4.42. The lowest BCUT2D eigenvalue weighted by atomic mass is 10.00. The normalized spacial score (nSPS) is 11.6. The van der Waals surface area contributed by atoms with Gasteiger partial charge >= 0.3 is 6.18 Å². The summed E-state index contributed by atoms with van der Waals surface area (Å²) in [7, 11) is 0. The monoisotopic (exact) mass is 250 g/mol. The van der Waals surface area contributed by atoms with Crippen LogP contribution in [0.2, 0.25) is 0 Å². The second-order valence-corrected chi connectivity index (χ2v) is 3.17. The molecule has 1 rings (SSSR count). The van der Waals surface area contributed by atoms with Crippen LogP contribution < -0.4 is 5.73 Å². The highest BCUT2D eigenvalue weighted by atomic mass is 19.4. The Kier molecular flexibility index (Phi) is 3.72.